The molecule has 1 atom stereocenters. The van der Waals surface area contributed by atoms with Crippen molar-refractivity contribution >= 4 is 45.6 Å². The lowest BCUT2D eigenvalue weighted by atomic mass is 9.72. The van der Waals surface area contributed by atoms with Gasteiger partial charge in [-0.15, -0.1) is 21.5 Å². The van der Waals surface area contributed by atoms with E-state index in [9.17, 15) is 10.1 Å². The van der Waals surface area contributed by atoms with E-state index in [1.807, 2.05) is 35.9 Å². The summed E-state index contributed by atoms with van der Waals surface area (Å²) in [5.74, 6) is 1.46. The first-order valence-corrected chi connectivity index (χ1v) is 13.4. The van der Waals surface area contributed by atoms with Crippen LogP contribution >= 0.6 is 34.7 Å². The number of hydrogen-bond donors (Lipinski definition) is 1. The Balaban J connectivity index is 1.39. The molecule has 6 nitrogen and oxygen atoms in total. The van der Waals surface area contributed by atoms with Crippen LogP contribution in [0.1, 0.15) is 54.6 Å². The quantitative estimate of drug-likeness (QED) is 0.416. The van der Waals surface area contributed by atoms with E-state index in [1.165, 1.54) is 16.6 Å². The van der Waals surface area contributed by atoms with Gasteiger partial charge < -0.3 is 9.88 Å². The summed E-state index contributed by atoms with van der Waals surface area (Å²) in [7, 11) is 1.90. The number of fused-ring (bicyclic) bond motifs is 1. The van der Waals surface area contributed by atoms with Crippen LogP contribution in [0.2, 0.25) is 5.02 Å². The Kier molecular flexibility index (Phi) is 7.36. The van der Waals surface area contributed by atoms with Crippen molar-refractivity contribution in [2.24, 2.45) is 18.4 Å². The standard InChI is InChI=1S/C25H28ClN5OS2/c1-25(2,3)16-7-10-18-19(13-27)23(34-20(18)12-16)28-22(32)14-33-24-30-29-21(31(24)4)11-15-5-8-17(26)9-6-15/h5-6,8-9,16H,7,10-12,14H2,1-4H3,(H,28,32). The van der Waals surface area contributed by atoms with Crippen LogP contribution in [-0.4, -0.2) is 26.4 Å². The van der Waals surface area contributed by atoms with Gasteiger partial charge in [0.2, 0.25) is 5.91 Å². The summed E-state index contributed by atoms with van der Waals surface area (Å²) >= 11 is 8.86. The van der Waals surface area contributed by atoms with E-state index < -0.39 is 0 Å². The maximum Gasteiger partial charge on any atom is 0.235 e. The predicted octanol–water partition coefficient (Wildman–Crippen LogP) is 5.87. The van der Waals surface area contributed by atoms with Gasteiger partial charge in [-0.05, 0) is 53.9 Å². The van der Waals surface area contributed by atoms with Gasteiger partial charge in [-0.1, -0.05) is 56.3 Å². The van der Waals surface area contributed by atoms with Crippen molar-refractivity contribution in [3.8, 4) is 6.07 Å². The number of nitrogens with zero attached hydrogens (tertiary/aromatic N) is 4. The molecule has 0 saturated heterocycles. The van der Waals surface area contributed by atoms with Crippen LogP contribution in [0.3, 0.4) is 0 Å². The summed E-state index contributed by atoms with van der Waals surface area (Å²) in [5.41, 5.74) is 3.08. The fourth-order valence-electron chi connectivity index (χ4n) is 4.23. The number of amides is 1. The molecule has 4 rings (SSSR count). The molecule has 0 radical (unpaired) electrons. The van der Waals surface area contributed by atoms with Crippen LogP contribution in [-0.2, 0) is 31.1 Å². The summed E-state index contributed by atoms with van der Waals surface area (Å²) in [6.45, 7) is 6.82. The van der Waals surface area contributed by atoms with Gasteiger partial charge in [0.05, 0.1) is 11.3 Å². The van der Waals surface area contributed by atoms with Gasteiger partial charge in [-0.25, -0.2) is 0 Å². The minimum atomic E-state index is -0.144. The van der Waals surface area contributed by atoms with Crippen molar-refractivity contribution in [2.75, 3.05) is 11.1 Å². The molecule has 1 unspecified atom stereocenters. The number of carbonyl (C=O) groups excluding carboxylic acids is 1. The Morgan fingerprint density at radius 2 is 2.06 bits per heavy atom. The molecule has 1 aliphatic rings. The van der Waals surface area contributed by atoms with Crippen molar-refractivity contribution < 1.29 is 4.79 Å². The second kappa shape index (κ2) is 10.1. The molecule has 0 bridgehead atoms. The number of halogens is 1. The highest BCUT2D eigenvalue weighted by Gasteiger charge is 2.32. The van der Waals surface area contributed by atoms with Crippen molar-refractivity contribution in [3.63, 3.8) is 0 Å². The Morgan fingerprint density at radius 3 is 2.74 bits per heavy atom. The summed E-state index contributed by atoms with van der Waals surface area (Å²) in [6.07, 6.45) is 3.58. The molecule has 0 saturated carbocycles. The predicted molar refractivity (Wildman–Crippen MR) is 139 cm³/mol. The number of carbonyl (C=O) groups is 1. The fraction of sp³-hybridized carbons (Fsp3) is 0.440. The maximum atomic E-state index is 12.7. The van der Waals surface area contributed by atoms with Gasteiger partial charge in [-0.3, -0.25) is 4.79 Å². The van der Waals surface area contributed by atoms with Gasteiger partial charge in [0.25, 0.3) is 0 Å². The normalized spacial score (nSPS) is 15.6. The van der Waals surface area contributed by atoms with E-state index in [2.05, 4.69) is 42.4 Å². The number of anilines is 1. The minimum Gasteiger partial charge on any atom is -0.316 e. The van der Waals surface area contributed by atoms with Crippen LogP contribution < -0.4 is 5.32 Å². The van der Waals surface area contributed by atoms with Gasteiger partial charge >= 0.3 is 0 Å². The Hall–Kier alpha value is -2.34. The smallest absolute Gasteiger partial charge is 0.235 e. The van der Waals surface area contributed by atoms with E-state index >= 15 is 0 Å². The van der Waals surface area contributed by atoms with E-state index in [4.69, 9.17) is 11.6 Å². The minimum absolute atomic E-state index is 0.144. The molecule has 0 aliphatic heterocycles. The first kappa shape index (κ1) is 24.8. The average Bonchev–Trinajstić information content (AvgIpc) is 3.31. The number of nitriles is 1. The lowest BCUT2D eigenvalue weighted by Gasteiger charge is -2.33. The number of thiophene rings is 1. The average molecular weight is 514 g/mol. The van der Waals surface area contributed by atoms with Gasteiger partial charge in [0.1, 0.15) is 16.9 Å². The van der Waals surface area contributed by atoms with E-state index in [0.717, 1.165) is 36.2 Å². The molecule has 34 heavy (non-hydrogen) atoms. The summed E-state index contributed by atoms with van der Waals surface area (Å²) < 4.78 is 1.91. The summed E-state index contributed by atoms with van der Waals surface area (Å²) in [5, 5.41) is 23.3. The molecule has 0 spiro atoms. The van der Waals surface area contributed by atoms with Gasteiger partial charge in [-0.2, -0.15) is 5.26 Å². The molecule has 1 N–H and O–H groups in total. The van der Waals surface area contributed by atoms with Gasteiger partial charge in [0.15, 0.2) is 5.16 Å². The molecule has 1 aliphatic carbocycles. The third-order valence-corrected chi connectivity index (χ3v) is 8.83. The van der Waals surface area contributed by atoms with Crippen molar-refractivity contribution in [1.29, 1.82) is 5.26 Å². The van der Waals surface area contributed by atoms with E-state index in [1.54, 1.807) is 11.3 Å². The molecule has 3 aromatic rings. The van der Waals surface area contributed by atoms with E-state index in [-0.39, 0.29) is 17.1 Å². The third-order valence-electron chi connectivity index (χ3n) is 6.39. The van der Waals surface area contributed by atoms with Crippen molar-refractivity contribution in [1.82, 2.24) is 14.8 Å². The van der Waals surface area contributed by atoms with E-state index in [0.29, 0.717) is 33.1 Å². The highest BCUT2D eigenvalue weighted by atomic mass is 35.5. The lowest BCUT2D eigenvalue weighted by Crippen LogP contribution is -2.26. The number of nitrogens with one attached hydrogen (secondary N) is 1. The third kappa shape index (κ3) is 5.48. The monoisotopic (exact) mass is 513 g/mol. The highest BCUT2D eigenvalue weighted by Crippen LogP contribution is 2.44. The maximum absolute atomic E-state index is 12.7. The zero-order chi connectivity index (χ0) is 24.5. The second-order valence-corrected chi connectivity index (χ2v) is 12.2. The molecule has 2 aromatic heterocycles. The SMILES string of the molecule is Cn1c(Cc2ccc(Cl)cc2)nnc1SCC(=O)Nc1sc2c(c1C#N)CCC(C(C)(C)C)C2. The molecule has 1 aromatic carbocycles. The zero-order valence-electron chi connectivity index (χ0n) is 19.8. The molecule has 0 fully saturated rings. The van der Waals surface area contributed by atoms with Crippen LogP contribution in [0.5, 0.6) is 0 Å². The largest absolute Gasteiger partial charge is 0.316 e. The van der Waals surface area contributed by atoms with Crippen LogP contribution in [0.25, 0.3) is 0 Å². The van der Waals surface area contributed by atoms with Crippen LogP contribution in [0.15, 0.2) is 29.4 Å². The first-order chi connectivity index (χ1) is 16.2. The van der Waals surface area contributed by atoms with Crippen molar-refractivity contribution in [3.05, 3.63) is 56.7 Å². The molecule has 1 amide bonds. The molecular weight excluding hydrogens is 486 g/mol. The number of thioether (sulfide) groups is 1. The number of rotatable bonds is 6. The lowest BCUT2D eigenvalue weighted by molar-refractivity contribution is -0.113. The van der Waals surface area contributed by atoms with Crippen LogP contribution in [0.4, 0.5) is 5.00 Å². The number of aromatic nitrogens is 3. The second-order valence-electron chi connectivity index (χ2n) is 9.72. The Morgan fingerprint density at radius 1 is 1.32 bits per heavy atom. The fourth-order valence-corrected chi connectivity index (χ4v) is 6.38. The zero-order valence-corrected chi connectivity index (χ0v) is 22.2. The molecule has 9 heteroatoms. The number of hydrogen-bond acceptors (Lipinski definition) is 6. The molecule has 178 valence electrons. The molecular formula is C25H28ClN5OS2. The Bertz CT molecular complexity index is 1230. The molecule has 2 heterocycles. The number of benzene rings is 1. The van der Waals surface area contributed by atoms with Crippen LogP contribution in [0, 0.1) is 22.7 Å². The van der Waals surface area contributed by atoms with Gasteiger partial charge in [0, 0.05) is 23.4 Å². The first-order valence-electron chi connectivity index (χ1n) is 11.3. The van der Waals surface area contributed by atoms with Crippen molar-refractivity contribution in [2.45, 2.75) is 51.6 Å². The topological polar surface area (TPSA) is 83.6 Å². The Labute approximate surface area is 213 Å². The summed E-state index contributed by atoms with van der Waals surface area (Å²) in [4.78, 5) is 14.0. The highest BCUT2D eigenvalue weighted by molar-refractivity contribution is 7.99. The summed E-state index contributed by atoms with van der Waals surface area (Å²) in [6, 6.07) is 9.97.